The first-order valence-electron chi connectivity index (χ1n) is 6.90. The van der Waals surface area contributed by atoms with Gasteiger partial charge < -0.3 is 9.57 Å². The summed E-state index contributed by atoms with van der Waals surface area (Å²) in [5.41, 5.74) is 1.72. The molecule has 1 aliphatic heterocycles. The summed E-state index contributed by atoms with van der Waals surface area (Å²) in [6, 6.07) is 8.13. The Labute approximate surface area is 131 Å². The first-order valence-corrected chi connectivity index (χ1v) is 6.90. The van der Waals surface area contributed by atoms with Crippen molar-refractivity contribution in [2.75, 3.05) is 11.6 Å². The number of hydrogen-bond donors (Lipinski definition) is 0. The number of fused-ring (bicyclic) bond motifs is 1. The van der Waals surface area contributed by atoms with Crippen molar-refractivity contribution in [1.29, 1.82) is 0 Å². The summed E-state index contributed by atoms with van der Waals surface area (Å²) >= 11 is 0. The van der Waals surface area contributed by atoms with E-state index in [-0.39, 0.29) is 17.5 Å². The van der Waals surface area contributed by atoms with Crippen LogP contribution in [0.4, 0.5) is 11.4 Å². The lowest BCUT2D eigenvalue weighted by atomic mass is 10.1. The molecular formula is C15H13N3O5. The van der Waals surface area contributed by atoms with Crippen LogP contribution in [0.5, 0.6) is 11.6 Å². The van der Waals surface area contributed by atoms with Crippen LogP contribution in [0.25, 0.3) is 0 Å². The second-order valence-electron chi connectivity index (χ2n) is 4.94. The fourth-order valence-electron chi connectivity index (χ4n) is 2.32. The fraction of sp³-hybridized carbons (Fsp3) is 0.200. The second kappa shape index (κ2) is 5.91. The summed E-state index contributed by atoms with van der Waals surface area (Å²) in [6.45, 7) is 1.95. The van der Waals surface area contributed by atoms with Gasteiger partial charge in [0, 0.05) is 19.1 Å². The minimum Gasteiger partial charge on any atom is -0.439 e. The van der Waals surface area contributed by atoms with Crippen LogP contribution >= 0.6 is 0 Å². The number of carbonyl (C=O) groups is 1. The predicted octanol–water partition coefficient (Wildman–Crippen LogP) is 2.62. The zero-order chi connectivity index (χ0) is 16.4. The number of anilines is 1. The Morgan fingerprint density at radius 3 is 2.83 bits per heavy atom. The van der Waals surface area contributed by atoms with Gasteiger partial charge in [-0.15, -0.1) is 0 Å². The lowest BCUT2D eigenvalue weighted by Gasteiger charge is -2.17. The van der Waals surface area contributed by atoms with E-state index < -0.39 is 4.92 Å². The average molecular weight is 315 g/mol. The summed E-state index contributed by atoms with van der Waals surface area (Å²) in [5.74, 6) is 0.466. The molecule has 0 fully saturated rings. The normalized spacial score (nSPS) is 12.7. The Morgan fingerprint density at radius 1 is 1.35 bits per heavy atom. The maximum Gasteiger partial charge on any atom is 0.329 e. The summed E-state index contributed by atoms with van der Waals surface area (Å²) < 4.78 is 5.59. The molecule has 23 heavy (non-hydrogen) atoms. The molecular weight excluding hydrogens is 302 g/mol. The standard InChI is InChI=1S/C15H13N3O5/c1-10(19)23-17-7-6-11-8-13(3-4-14(11)17)22-15-5-2-12(9-16-15)18(20)21/h2-5,8-9H,6-7H2,1H3. The summed E-state index contributed by atoms with van der Waals surface area (Å²) in [7, 11) is 0. The summed E-state index contributed by atoms with van der Waals surface area (Å²) in [6.07, 6.45) is 1.87. The van der Waals surface area contributed by atoms with Crippen LogP contribution in [-0.4, -0.2) is 22.4 Å². The minimum atomic E-state index is -0.518. The largest absolute Gasteiger partial charge is 0.439 e. The molecule has 1 aromatic carbocycles. The molecule has 0 spiro atoms. The number of aromatic nitrogens is 1. The molecule has 1 aromatic heterocycles. The molecule has 1 aliphatic rings. The van der Waals surface area contributed by atoms with Crippen molar-refractivity contribution in [3.63, 3.8) is 0 Å². The van der Waals surface area contributed by atoms with Crippen LogP contribution in [0.15, 0.2) is 36.5 Å². The molecule has 8 heteroatoms. The molecule has 0 atom stereocenters. The molecule has 0 saturated carbocycles. The molecule has 0 aliphatic carbocycles. The van der Waals surface area contributed by atoms with Crippen LogP contribution in [0.1, 0.15) is 12.5 Å². The number of nitro groups is 1. The first kappa shape index (κ1) is 14.8. The molecule has 0 N–H and O–H groups in total. The van der Waals surface area contributed by atoms with Gasteiger partial charge in [-0.05, 0) is 30.2 Å². The highest BCUT2D eigenvalue weighted by molar-refractivity contribution is 5.69. The van der Waals surface area contributed by atoms with Crippen LogP contribution in [-0.2, 0) is 16.1 Å². The Hall–Kier alpha value is -3.16. The summed E-state index contributed by atoms with van der Waals surface area (Å²) in [5, 5.41) is 12.1. The SMILES string of the molecule is CC(=O)ON1CCc2cc(Oc3ccc([N+](=O)[O-])cn3)ccc21. The number of nitrogens with zero attached hydrogens (tertiary/aromatic N) is 3. The number of hydrogen-bond acceptors (Lipinski definition) is 7. The van der Waals surface area contributed by atoms with Crippen LogP contribution in [0.2, 0.25) is 0 Å². The van der Waals surface area contributed by atoms with E-state index in [4.69, 9.17) is 9.57 Å². The van der Waals surface area contributed by atoms with E-state index >= 15 is 0 Å². The van der Waals surface area contributed by atoms with Gasteiger partial charge in [-0.2, -0.15) is 0 Å². The predicted molar refractivity (Wildman–Crippen MR) is 80.2 cm³/mol. The molecule has 0 amide bonds. The Kier molecular flexibility index (Phi) is 3.80. The van der Waals surface area contributed by atoms with E-state index in [0.29, 0.717) is 12.3 Å². The lowest BCUT2D eigenvalue weighted by Crippen LogP contribution is -2.23. The van der Waals surface area contributed by atoms with Gasteiger partial charge in [0.05, 0.1) is 17.2 Å². The van der Waals surface area contributed by atoms with Crippen molar-refractivity contribution in [2.45, 2.75) is 13.3 Å². The Bertz CT molecular complexity index is 760. The lowest BCUT2D eigenvalue weighted by molar-refractivity contribution is -0.385. The van der Waals surface area contributed by atoms with E-state index in [0.717, 1.165) is 23.9 Å². The number of ether oxygens (including phenoxy) is 1. The third-order valence-corrected chi connectivity index (χ3v) is 3.30. The second-order valence-corrected chi connectivity index (χ2v) is 4.94. The van der Waals surface area contributed by atoms with Gasteiger partial charge in [-0.3, -0.25) is 14.9 Å². The zero-order valence-electron chi connectivity index (χ0n) is 12.3. The van der Waals surface area contributed by atoms with E-state index in [2.05, 4.69) is 4.98 Å². The highest BCUT2D eigenvalue weighted by Gasteiger charge is 2.22. The molecule has 0 bridgehead atoms. The molecule has 8 nitrogen and oxygen atoms in total. The van der Waals surface area contributed by atoms with Crippen molar-refractivity contribution >= 4 is 17.3 Å². The highest BCUT2D eigenvalue weighted by Crippen LogP contribution is 2.33. The molecule has 0 radical (unpaired) electrons. The smallest absolute Gasteiger partial charge is 0.329 e. The number of hydroxylamine groups is 1. The van der Waals surface area contributed by atoms with Crippen molar-refractivity contribution in [1.82, 2.24) is 4.98 Å². The van der Waals surface area contributed by atoms with Gasteiger partial charge >= 0.3 is 5.97 Å². The van der Waals surface area contributed by atoms with E-state index in [1.54, 1.807) is 17.2 Å². The minimum absolute atomic E-state index is 0.0941. The topological polar surface area (TPSA) is 94.8 Å². The summed E-state index contributed by atoms with van der Waals surface area (Å²) in [4.78, 5) is 30.1. The van der Waals surface area contributed by atoms with Gasteiger partial charge in [0.2, 0.25) is 5.88 Å². The van der Waals surface area contributed by atoms with E-state index in [1.165, 1.54) is 19.1 Å². The average Bonchev–Trinajstić information content (AvgIpc) is 2.89. The Balaban J connectivity index is 1.75. The van der Waals surface area contributed by atoms with Crippen LogP contribution < -0.4 is 9.80 Å². The third kappa shape index (κ3) is 3.20. The molecule has 0 saturated heterocycles. The van der Waals surface area contributed by atoms with Crippen molar-refractivity contribution in [2.24, 2.45) is 0 Å². The van der Waals surface area contributed by atoms with Gasteiger partial charge in [0.15, 0.2) is 0 Å². The van der Waals surface area contributed by atoms with Gasteiger partial charge in [-0.1, -0.05) is 0 Å². The zero-order valence-corrected chi connectivity index (χ0v) is 12.3. The Morgan fingerprint density at radius 2 is 2.17 bits per heavy atom. The van der Waals surface area contributed by atoms with Gasteiger partial charge in [-0.25, -0.2) is 10.0 Å². The first-order chi connectivity index (χ1) is 11.0. The maximum atomic E-state index is 11.0. The maximum absolute atomic E-state index is 11.0. The highest BCUT2D eigenvalue weighted by atomic mass is 16.7. The van der Waals surface area contributed by atoms with Crippen molar-refractivity contribution < 1.29 is 19.3 Å². The quantitative estimate of drug-likeness (QED) is 0.632. The third-order valence-electron chi connectivity index (χ3n) is 3.30. The number of pyridine rings is 1. The number of benzene rings is 1. The van der Waals surface area contributed by atoms with Gasteiger partial charge in [0.1, 0.15) is 11.9 Å². The molecule has 3 rings (SSSR count). The van der Waals surface area contributed by atoms with Gasteiger partial charge in [0.25, 0.3) is 5.69 Å². The molecule has 2 aromatic rings. The molecule has 2 heterocycles. The monoisotopic (exact) mass is 315 g/mol. The fourth-order valence-corrected chi connectivity index (χ4v) is 2.32. The van der Waals surface area contributed by atoms with E-state index in [1.807, 2.05) is 6.07 Å². The van der Waals surface area contributed by atoms with Crippen LogP contribution in [0, 0.1) is 10.1 Å². The molecule has 0 unspecified atom stereocenters. The molecule has 118 valence electrons. The number of rotatable bonds is 4. The van der Waals surface area contributed by atoms with E-state index in [9.17, 15) is 14.9 Å². The van der Waals surface area contributed by atoms with Crippen molar-refractivity contribution in [3.8, 4) is 11.6 Å². The van der Waals surface area contributed by atoms with Crippen LogP contribution in [0.3, 0.4) is 0 Å². The number of carbonyl (C=O) groups excluding carboxylic acids is 1. The van der Waals surface area contributed by atoms with Crippen molar-refractivity contribution in [3.05, 3.63) is 52.2 Å².